The van der Waals surface area contributed by atoms with E-state index in [1.165, 1.54) is 0 Å². The van der Waals surface area contributed by atoms with Gasteiger partial charge in [0.15, 0.2) is 5.82 Å². The van der Waals surface area contributed by atoms with Gasteiger partial charge in [0.1, 0.15) is 17.7 Å². The van der Waals surface area contributed by atoms with Crippen LogP contribution in [0.4, 0.5) is 5.82 Å². The third-order valence-corrected chi connectivity index (χ3v) is 8.18. The molecule has 10 heteroatoms. The van der Waals surface area contributed by atoms with Crippen molar-refractivity contribution >= 4 is 23.3 Å². The molecule has 37 heavy (non-hydrogen) atoms. The van der Waals surface area contributed by atoms with Crippen LogP contribution in [0.15, 0.2) is 30.3 Å². The smallest absolute Gasteiger partial charge is 0.236 e. The first kappa shape index (κ1) is 23.9. The lowest BCUT2D eigenvalue weighted by Gasteiger charge is -2.59. The molecule has 1 aromatic carbocycles. The number of pyridine rings is 1. The Morgan fingerprint density at radius 1 is 1.19 bits per heavy atom. The molecule has 1 saturated heterocycles. The highest BCUT2D eigenvalue weighted by molar-refractivity contribution is 6.30. The van der Waals surface area contributed by atoms with Gasteiger partial charge in [-0.1, -0.05) is 11.6 Å². The number of anilines is 1. The Balaban J connectivity index is 1.21. The Morgan fingerprint density at radius 2 is 1.97 bits per heavy atom. The normalized spacial score (nSPS) is 18.3. The first-order chi connectivity index (χ1) is 17.7. The molecule has 0 atom stereocenters. The lowest BCUT2D eigenvalue weighted by molar-refractivity contribution is -0.130. The molecule has 0 unspecified atom stereocenters. The average Bonchev–Trinajstić information content (AvgIpc) is 3.13. The number of aryl methyl sites for hydroxylation is 1. The van der Waals surface area contributed by atoms with Crippen LogP contribution in [0.25, 0.3) is 5.69 Å². The number of hydrogen-bond donors (Lipinski definition) is 0. The van der Waals surface area contributed by atoms with Crippen LogP contribution in [0.3, 0.4) is 0 Å². The number of hydrogen-bond acceptors (Lipinski definition) is 7. The predicted octanol–water partition coefficient (Wildman–Crippen LogP) is 3.28. The van der Waals surface area contributed by atoms with Crippen molar-refractivity contribution in [3.05, 3.63) is 63.8 Å². The van der Waals surface area contributed by atoms with Crippen molar-refractivity contribution in [1.82, 2.24) is 29.5 Å². The van der Waals surface area contributed by atoms with Gasteiger partial charge < -0.3 is 9.80 Å². The SMILES string of the molecule is Cc1nc(N2CC3(CC(c4nnc5n4-c4ccc(Cl)cc4CN(CC(=O)N(C)C)C5)C3)C2)ccc1C#N. The standard InChI is InChI=1S/C27H29ClN8O/c1-17-18(11-29)4-7-23(30-17)35-15-27(16-35)9-20(10-27)26-32-31-24-13-34(14-25(37)33(2)3)12-19-8-21(28)5-6-22(19)36(24)26/h4-8,20H,9-10,12-16H2,1-3H3. The number of carbonyl (C=O) groups is 1. The summed E-state index contributed by atoms with van der Waals surface area (Å²) in [6.07, 6.45) is 2.12. The maximum absolute atomic E-state index is 12.5. The summed E-state index contributed by atoms with van der Waals surface area (Å²) in [5, 5.41) is 19.1. The molecular weight excluding hydrogens is 488 g/mol. The van der Waals surface area contributed by atoms with Crippen molar-refractivity contribution in [1.29, 1.82) is 5.26 Å². The van der Waals surface area contributed by atoms with E-state index in [9.17, 15) is 10.1 Å². The fraction of sp³-hybridized carbons (Fsp3) is 0.444. The second-order valence-electron chi connectivity index (χ2n) is 10.9. The fourth-order valence-electron chi connectivity index (χ4n) is 5.99. The van der Waals surface area contributed by atoms with Gasteiger partial charge in [-0.3, -0.25) is 14.3 Å². The summed E-state index contributed by atoms with van der Waals surface area (Å²) in [6.45, 7) is 5.31. The zero-order chi connectivity index (χ0) is 25.9. The summed E-state index contributed by atoms with van der Waals surface area (Å²) < 4.78 is 2.20. The molecule has 0 radical (unpaired) electrons. The molecule has 3 aliphatic rings. The Kier molecular flexibility index (Phi) is 5.70. The van der Waals surface area contributed by atoms with Crippen LogP contribution in [-0.2, 0) is 17.9 Å². The van der Waals surface area contributed by atoms with Crippen LogP contribution in [0, 0.1) is 23.7 Å². The van der Waals surface area contributed by atoms with Crippen LogP contribution < -0.4 is 4.90 Å². The van der Waals surface area contributed by atoms with E-state index in [2.05, 4.69) is 35.6 Å². The zero-order valence-electron chi connectivity index (χ0n) is 21.3. The second-order valence-corrected chi connectivity index (χ2v) is 11.3. The molecule has 1 spiro atoms. The molecule has 190 valence electrons. The molecule has 0 bridgehead atoms. The van der Waals surface area contributed by atoms with Gasteiger partial charge >= 0.3 is 0 Å². The molecule has 2 aromatic heterocycles. The molecule has 1 aliphatic carbocycles. The molecule has 4 heterocycles. The molecular formula is C27H29ClN8O. The highest BCUT2D eigenvalue weighted by Gasteiger charge is 2.54. The topological polar surface area (TPSA) is 94.2 Å². The van der Waals surface area contributed by atoms with E-state index >= 15 is 0 Å². The summed E-state index contributed by atoms with van der Waals surface area (Å²) in [5.74, 6) is 3.18. The first-order valence-corrected chi connectivity index (χ1v) is 12.9. The maximum atomic E-state index is 12.5. The van der Waals surface area contributed by atoms with Crippen molar-refractivity contribution in [3.8, 4) is 11.8 Å². The number of amides is 1. The van der Waals surface area contributed by atoms with Gasteiger partial charge in [-0.15, -0.1) is 10.2 Å². The summed E-state index contributed by atoms with van der Waals surface area (Å²) in [4.78, 5) is 23.1. The highest BCUT2D eigenvalue weighted by Crippen LogP contribution is 2.56. The first-order valence-electron chi connectivity index (χ1n) is 12.5. The van der Waals surface area contributed by atoms with Crippen molar-refractivity contribution in [2.24, 2.45) is 5.41 Å². The lowest BCUT2D eigenvalue weighted by Crippen LogP contribution is -2.62. The Labute approximate surface area is 221 Å². The minimum atomic E-state index is 0.0548. The van der Waals surface area contributed by atoms with Gasteiger partial charge in [0.25, 0.3) is 0 Å². The van der Waals surface area contributed by atoms with Gasteiger partial charge in [0, 0.05) is 50.1 Å². The van der Waals surface area contributed by atoms with Gasteiger partial charge in [0.2, 0.25) is 5.91 Å². The van der Waals surface area contributed by atoms with E-state index in [1.807, 2.05) is 37.3 Å². The molecule has 2 fully saturated rings. The summed E-state index contributed by atoms with van der Waals surface area (Å²) in [5.41, 5.74) is 3.80. The number of aromatic nitrogens is 4. The number of halogens is 1. The lowest BCUT2D eigenvalue weighted by atomic mass is 9.57. The molecule has 2 aliphatic heterocycles. The summed E-state index contributed by atoms with van der Waals surface area (Å²) in [7, 11) is 3.55. The van der Waals surface area contributed by atoms with E-state index in [0.717, 1.165) is 60.3 Å². The van der Waals surface area contributed by atoms with Gasteiger partial charge in [-0.05, 0) is 55.7 Å². The van der Waals surface area contributed by atoms with Crippen LogP contribution in [0.1, 0.15) is 47.2 Å². The minimum absolute atomic E-state index is 0.0548. The number of fused-ring (bicyclic) bond motifs is 3. The second kappa shape index (κ2) is 8.82. The zero-order valence-corrected chi connectivity index (χ0v) is 22.0. The minimum Gasteiger partial charge on any atom is -0.355 e. The maximum Gasteiger partial charge on any atom is 0.236 e. The number of nitrogens with zero attached hydrogens (tertiary/aromatic N) is 8. The Hall–Kier alpha value is -3.48. The van der Waals surface area contributed by atoms with E-state index in [4.69, 9.17) is 11.6 Å². The monoisotopic (exact) mass is 516 g/mol. The van der Waals surface area contributed by atoms with Crippen molar-refractivity contribution in [2.45, 2.75) is 38.8 Å². The summed E-state index contributed by atoms with van der Waals surface area (Å²) >= 11 is 6.37. The van der Waals surface area contributed by atoms with Crippen LogP contribution in [0.5, 0.6) is 0 Å². The molecule has 3 aromatic rings. The number of benzene rings is 1. The number of rotatable bonds is 4. The molecule has 1 amide bonds. The fourth-order valence-corrected chi connectivity index (χ4v) is 6.19. The van der Waals surface area contributed by atoms with Crippen LogP contribution in [0.2, 0.25) is 5.02 Å². The molecule has 6 rings (SSSR count). The average molecular weight is 517 g/mol. The Bertz CT molecular complexity index is 1430. The number of nitriles is 1. The van der Waals surface area contributed by atoms with Crippen molar-refractivity contribution in [3.63, 3.8) is 0 Å². The van der Waals surface area contributed by atoms with Gasteiger partial charge in [0.05, 0.1) is 30.0 Å². The quantitative estimate of drug-likeness (QED) is 0.525. The third kappa shape index (κ3) is 4.14. The van der Waals surface area contributed by atoms with E-state index in [-0.39, 0.29) is 11.3 Å². The highest BCUT2D eigenvalue weighted by atomic mass is 35.5. The number of carbonyl (C=O) groups excluding carboxylic acids is 1. The molecule has 9 nitrogen and oxygen atoms in total. The van der Waals surface area contributed by atoms with E-state index in [1.54, 1.807) is 19.0 Å². The third-order valence-electron chi connectivity index (χ3n) is 7.95. The number of likely N-dealkylation sites (N-methyl/N-ethyl adjacent to an activating group) is 1. The molecule has 1 saturated carbocycles. The molecule has 0 N–H and O–H groups in total. The van der Waals surface area contributed by atoms with Crippen molar-refractivity contribution < 1.29 is 4.79 Å². The predicted molar refractivity (Wildman–Crippen MR) is 139 cm³/mol. The van der Waals surface area contributed by atoms with Crippen LogP contribution >= 0.6 is 11.6 Å². The van der Waals surface area contributed by atoms with Crippen LogP contribution in [-0.4, -0.2) is 69.2 Å². The van der Waals surface area contributed by atoms with Crippen molar-refractivity contribution in [2.75, 3.05) is 38.6 Å². The Morgan fingerprint density at radius 3 is 2.68 bits per heavy atom. The van der Waals surface area contributed by atoms with E-state index in [0.29, 0.717) is 36.1 Å². The van der Waals surface area contributed by atoms with Gasteiger partial charge in [-0.25, -0.2) is 4.98 Å². The van der Waals surface area contributed by atoms with E-state index < -0.39 is 0 Å². The van der Waals surface area contributed by atoms with Gasteiger partial charge in [-0.2, -0.15) is 5.26 Å². The largest absolute Gasteiger partial charge is 0.355 e. The summed E-state index contributed by atoms with van der Waals surface area (Å²) in [6, 6.07) is 11.9.